The van der Waals surface area contributed by atoms with Gasteiger partial charge in [-0.2, -0.15) is 5.10 Å². The largest absolute Gasteiger partial charge is 0.374 e. The molecule has 20 heavy (non-hydrogen) atoms. The van der Waals surface area contributed by atoms with Crippen molar-refractivity contribution in [3.05, 3.63) is 45.2 Å². The lowest BCUT2D eigenvalue weighted by Gasteiger charge is -2.05. The zero-order chi connectivity index (χ0) is 14.1. The fourth-order valence-electron chi connectivity index (χ4n) is 1.94. The third kappa shape index (κ3) is 2.32. The van der Waals surface area contributed by atoms with Crippen LogP contribution in [0.4, 0.5) is 11.4 Å². The summed E-state index contributed by atoms with van der Waals surface area (Å²) in [4.78, 5) is 15.1. The van der Waals surface area contributed by atoms with E-state index in [1.165, 1.54) is 11.3 Å². The molecule has 2 aromatic heterocycles. The Bertz CT molecular complexity index is 766. The predicted octanol–water partition coefficient (Wildman–Crippen LogP) is 2.85. The summed E-state index contributed by atoms with van der Waals surface area (Å²) in [7, 11) is 0. The molecule has 0 spiro atoms. The van der Waals surface area contributed by atoms with E-state index in [2.05, 4.69) is 20.5 Å². The first-order chi connectivity index (χ1) is 9.63. The number of rotatable bonds is 4. The molecule has 0 bridgehead atoms. The monoisotopic (exact) mass is 289 g/mol. The lowest BCUT2D eigenvalue weighted by atomic mass is 10.2. The van der Waals surface area contributed by atoms with Gasteiger partial charge in [0.2, 0.25) is 0 Å². The maximum Gasteiger partial charge on any atom is 0.293 e. The molecular weight excluding hydrogens is 278 g/mol. The predicted molar refractivity (Wildman–Crippen MR) is 76.9 cm³/mol. The van der Waals surface area contributed by atoms with Crippen LogP contribution < -0.4 is 5.32 Å². The quantitative estimate of drug-likeness (QED) is 0.568. The van der Waals surface area contributed by atoms with Crippen LogP contribution in [0.25, 0.3) is 10.2 Å². The summed E-state index contributed by atoms with van der Waals surface area (Å²) < 4.78 is 0.821. The normalized spacial score (nSPS) is 10.8. The third-order valence-corrected chi connectivity index (χ3v) is 3.77. The van der Waals surface area contributed by atoms with Gasteiger partial charge in [0.05, 0.1) is 32.4 Å². The first-order valence-electron chi connectivity index (χ1n) is 5.91. The van der Waals surface area contributed by atoms with E-state index in [1.807, 2.05) is 13.0 Å². The number of aromatic nitrogens is 3. The summed E-state index contributed by atoms with van der Waals surface area (Å²) >= 11 is 1.45. The Morgan fingerprint density at radius 3 is 3.05 bits per heavy atom. The SMILES string of the molecule is Cc1nc2cc(NCc3ccn[nH]3)c([N+](=O)[O-])cc2s1. The molecule has 0 amide bonds. The Morgan fingerprint density at radius 1 is 1.50 bits per heavy atom. The molecule has 0 radical (unpaired) electrons. The molecule has 1 aromatic carbocycles. The number of aromatic amines is 1. The molecule has 0 saturated carbocycles. The minimum absolute atomic E-state index is 0.0562. The van der Waals surface area contributed by atoms with Crippen molar-refractivity contribution in [3.8, 4) is 0 Å². The molecule has 2 heterocycles. The second-order valence-electron chi connectivity index (χ2n) is 4.26. The molecule has 0 aliphatic carbocycles. The standard InChI is InChI=1S/C12H11N5O2S/c1-7-15-10-4-9(13-6-8-2-3-14-16-8)11(17(18)19)5-12(10)20-7/h2-5,13H,6H2,1H3,(H,14,16). The van der Waals surface area contributed by atoms with Gasteiger partial charge < -0.3 is 5.32 Å². The number of nitrogens with zero attached hydrogens (tertiary/aromatic N) is 3. The van der Waals surface area contributed by atoms with Crippen LogP contribution in [0.15, 0.2) is 24.4 Å². The summed E-state index contributed by atoms with van der Waals surface area (Å²) in [5, 5.41) is 21.7. The van der Waals surface area contributed by atoms with Crippen LogP contribution in [-0.2, 0) is 6.54 Å². The first kappa shape index (κ1) is 12.5. The van der Waals surface area contributed by atoms with Gasteiger partial charge in [0.1, 0.15) is 5.69 Å². The van der Waals surface area contributed by atoms with E-state index in [9.17, 15) is 10.1 Å². The van der Waals surface area contributed by atoms with Crippen LogP contribution >= 0.6 is 11.3 Å². The molecule has 0 atom stereocenters. The Morgan fingerprint density at radius 2 is 2.35 bits per heavy atom. The molecule has 0 unspecified atom stereocenters. The maximum atomic E-state index is 11.2. The van der Waals surface area contributed by atoms with Crippen molar-refractivity contribution < 1.29 is 4.92 Å². The fraction of sp³-hybridized carbons (Fsp3) is 0.167. The van der Waals surface area contributed by atoms with E-state index in [-0.39, 0.29) is 10.6 Å². The van der Waals surface area contributed by atoms with Crippen molar-refractivity contribution >= 4 is 32.9 Å². The highest BCUT2D eigenvalue weighted by Gasteiger charge is 2.17. The Balaban J connectivity index is 1.98. The minimum Gasteiger partial charge on any atom is -0.374 e. The van der Waals surface area contributed by atoms with Gasteiger partial charge in [-0.15, -0.1) is 11.3 Å². The van der Waals surface area contributed by atoms with Crippen LogP contribution in [0, 0.1) is 17.0 Å². The number of hydrogen-bond donors (Lipinski definition) is 2. The lowest BCUT2D eigenvalue weighted by Crippen LogP contribution is -2.03. The second kappa shape index (κ2) is 4.89. The zero-order valence-corrected chi connectivity index (χ0v) is 11.4. The lowest BCUT2D eigenvalue weighted by molar-refractivity contribution is -0.383. The molecule has 7 nitrogen and oxygen atoms in total. The second-order valence-corrected chi connectivity index (χ2v) is 5.50. The molecule has 2 N–H and O–H groups in total. The van der Waals surface area contributed by atoms with Crippen molar-refractivity contribution in [2.24, 2.45) is 0 Å². The number of nitrogens with one attached hydrogen (secondary N) is 2. The van der Waals surface area contributed by atoms with Gasteiger partial charge in [-0.3, -0.25) is 15.2 Å². The maximum absolute atomic E-state index is 11.2. The van der Waals surface area contributed by atoms with Gasteiger partial charge in [0.25, 0.3) is 5.69 Å². The topological polar surface area (TPSA) is 96.7 Å². The number of hydrogen-bond acceptors (Lipinski definition) is 6. The Labute approximate surface area is 117 Å². The highest BCUT2D eigenvalue weighted by Crippen LogP contribution is 2.33. The van der Waals surface area contributed by atoms with E-state index < -0.39 is 0 Å². The summed E-state index contributed by atoms with van der Waals surface area (Å²) in [6.07, 6.45) is 1.64. The first-order valence-corrected chi connectivity index (χ1v) is 6.73. The molecule has 0 aliphatic rings. The fourth-order valence-corrected chi connectivity index (χ4v) is 2.79. The Hall–Kier alpha value is -2.48. The van der Waals surface area contributed by atoms with Crippen molar-refractivity contribution in [2.75, 3.05) is 5.32 Å². The minimum atomic E-state index is -0.385. The van der Waals surface area contributed by atoms with Crippen molar-refractivity contribution in [3.63, 3.8) is 0 Å². The van der Waals surface area contributed by atoms with E-state index in [0.717, 1.165) is 20.9 Å². The van der Waals surface area contributed by atoms with Gasteiger partial charge >= 0.3 is 0 Å². The number of nitro groups is 1. The number of aryl methyl sites for hydroxylation is 1. The highest BCUT2D eigenvalue weighted by atomic mass is 32.1. The summed E-state index contributed by atoms with van der Waals surface area (Å²) in [5.74, 6) is 0. The van der Waals surface area contributed by atoms with Gasteiger partial charge in [0.15, 0.2) is 0 Å². The molecule has 8 heteroatoms. The van der Waals surface area contributed by atoms with Crippen LogP contribution in [-0.4, -0.2) is 20.1 Å². The number of H-pyrrole nitrogens is 1. The van der Waals surface area contributed by atoms with Gasteiger partial charge in [0, 0.05) is 12.3 Å². The molecule has 3 rings (SSSR count). The smallest absolute Gasteiger partial charge is 0.293 e. The highest BCUT2D eigenvalue weighted by molar-refractivity contribution is 7.18. The van der Waals surface area contributed by atoms with Crippen molar-refractivity contribution in [1.82, 2.24) is 15.2 Å². The molecular formula is C12H11N5O2S. The van der Waals surface area contributed by atoms with Crippen molar-refractivity contribution in [2.45, 2.75) is 13.5 Å². The Kier molecular flexibility index (Phi) is 3.07. The number of benzene rings is 1. The van der Waals surface area contributed by atoms with Crippen LogP contribution in [0.3, 0.4) is 0 Å². The number of fused-ring (bicyclic) bond motifs is 1. The van der Waals surface area contributed by atoms with Crippen LogP contribution in [0.5, 0.6) is 0 Å². The molecule has 0 aliphatic heterocycles. The van der Waals surface area contributed by atoms with Crippen molar-refractivity contribution in [1.29, 1.82) is 0 Å². The molecule has 0 saturated heterocycles. The van der Waals surface area contributed by atoms with E-state index in [1.54, 1.807) is 18.3 Å². The van der Waals surface area contributed by atoms with Gasteiger partial charge in [-0.1, -0.05) is 0 Å². The number of nitro benzene ring substituents is 1. The average Bonchev–Trinajstić information content (AvgIpc) is 3.02. The van der Waals surface area contributed by atoms with Gasteiger partial charge in [-0.25, -0.2) is 4.98 Å². The molecule has 102 valence electrons. The van der Waals surface area contributed by atoms with Crippen LogP contribution in [0.1, 0.15) is 10.7 Å². The average molecular weight is 289 g/mol. The van der Waals surface area contributed by atoms with E-state index in [0.29, 0.717) is 12.2 Å². The summed E-state index contributed by atoms with van der Waals surface area (Å²) in [6, 6.07) is 5.09. The van der Waals surface area contributed by atoms with Crippen LogP contribution in [0.2, 0.25) is 0 Å². The molecule has 3 aromatic rings. The molecule has 0 fully saturated rings. The third-order valence-electron chi connectivity index (χ3n) is 2.84. The van der Waals surface area contributed by atoms with E-state index in [4.69, 9.17) is 0 Å². The number of anilines is 1. The van der Waals surface area contributed by atoms with E-state index >= 15 is 0 Å². The van der Waals surface area contributed by atoms with Gasteiger partial charge in [-0.05, 0) is 19.1 Å². The number of thiazole rings is 1. The summed E-state index contributed by atoms with van der Waals surface area (Å²) in [6.45, 7) is 2.32. The zero-order valence-electron chi connectivity index (χ0n) is 10.6. The summed E-state index contributed by atoms with van der Waals surface area (Å²) in [5.41, 5.74) is 2.14.